The molecule has 0 aliphatic carbocycles. The second-order valence-electron chi connectivity index (χ2n) is 8.94. The van der Waals surface area contributed by atoms with Crippen molar-refractivity contribution in [2.75, 3.05) is 13.7 Å². The van der Waals surface area contributed by atoms with Crippen molar-refractivity contribution < 1.29 is 24.4 Å². The molecule has 198 valence electrons. The van der Waals surface area contributed by atoms with E-state index in [2.05, 4.69) is 4.98 Å². The van der Waals surface area contributed by atoms with Gasteiger partial charge in [-0.1, -0.05) is 35.3 Å². The predicted octanol–water partition coefficient (Wildman–Crippen LogP) is 6.06. The number of aliphatic hydroxyl groups is 1. The number of nitrogens with zero attached hydrogens (tertiary/aromatic N) is 2. The number of nitro groups is 1. The number of carbonyl (C=O) groups excluding carboxylic acids is 2. The number of ether oxygens (including phenoxy) is 1. The molecule has 0 bridgehead atoms. The zero-order valence-electron chi connectivity index (χ0n) is 20.5. The second kappa shape index (κ2) is 10.4. The molecule has 5 rings (SSSR count). The average molecular weight is 566 g/mol. The minimum absolute atomic E-state index is 0.0803. The number of likely N-dealkylation sites (tertiary alicyclic amines) is 1. The summed E-state index contributed by atoms with van der Waals surface area (Å²) in [5.41, 5.74) is 1.73. The lowest BCUT2D eigenvalue weighted by Crippen LogP contribution is -2.31. The Kier molecular flexibility index (Phi) is 7.03. The SMILES string of the molecule is COc1ccc2[nH]cc(CCN3C(=O)C(=O)C(=C(O)c4ccc(Cl)cc4Cl)[C@H]3c3cccc([N+](=O)[O-])c3)c2c1. The van der Waals surface area contributed by atoms with Gasteiger partial charge in [-0.25, -0.2) is 0 Å². The standard InChI is InChI=1S/C28H21Cl2N3O6/c1-39-19-6-8-23-21(13-19)16(14-31-23)9-10-32-25(15-3-2-4-18(11-15)33(37)38)24(27(35)28(32)36)26(34)20-7-5-17(29)12-22(20)30/h2-8,11-14,25,31,34H,9-10H2,1H3/t25-/m1/s1. The van der Waals surface area contributed by atoms with Crippen molar-refractivity contribution in [3.8, 4) is 5.75 Å². The summed E-state index contributed by atoms with van der Waals surface area (Å²) in [6.07, 6.45) is 2.17. The summed E-state index contributed by atoms with van der Waals surface area (Å²) >= 11 is 12.3. The maximum Gasteiger partial charge on any atom is 0.295 e. The van der Waals surface area contributed by atoms with Gasteiger partial charge in [0.1, 0.15) is 11.5 Å². The number of aliphatic hydroxyl groups excluding tert-OH is 1. The third-order valence-electron chi connectivity index (χ3n) is 6.72. The fourth-order valence-electron chi connectivity index (χ4n) is 4.82. The summed E-state index contributed by atoms with van der Waals surface area (Å²) in [5.74, 6) is -1.59. The Bertz CT molecular complexity index is 1680. The Balaban J connectivity index is 1.60. The number of aromatic nitrogens is 1. The number of ketones is 1. The Hall–Kier alpha value is -4.34. The lowest BCUT2D eigenvalue weighted by Gasteiger charge is -2.25. The first-order chi connectivity index (χ1) is 18.7. The van der Waals surface area contributed by atoms with Crippen molar-refractivity contribution in [2.24, 2.45) is 0 Å². The van der Waals surface area contributed by atoms with Crippen molar-refractivity contribution in [1.29, 1.82) is 0 Å². The summed E-state index contributed by atoms with van der Waals surface area (Å²) in [6, 6.07) is 14.5. The van der Waals surface area contributed by atoms with Gasteiger partial charge in [0.25, 0.3) is 17.4 Å². The van der Waals surface area contributed by atoms with Crippen LogP contribution in [0.3, 0.4) is 0 Å². The molecule has 1 aliphatic heterocycles. The number of non-ortho nitro benzene ring substituents is 1. The smallest absolute Gasteiger partial charge is 0.295 e. The number of nitrogens with one attached hydrogen (secondary N) is 1. The first kappa shape index (κ1) is 26.3. The van der Waals surface area contributed by atoms with Gasteiger partial charge in [-0.2, -0.15) is 0 Å². The highest BCUT2D eigenvalue weighted by Crippen LogP contribution is 2.41. The number of hydrogen-bond donors (Lipinski definition) is 2. The van der Waals surface area contributed by atoms with Gasteiger partial charge in [-0.3, -0.25) is 19.7 Å². The molecule has 0 radical (unpaired) electrons. The quantitative estimate of drug-likeness (QED) is 0.0922. The molecule has 11 heteroatoms. The maximum atomic E-state index is 13.3. The highest BCUT2D eigenvalue weighted by molar-refractivity contribution is 6.47. The van der Waals surface area contributed by atoms with Crippen LogP contribution in [0.25, 0.3) is 16.7 Å². The van der Waals surface area contributed by atoms with Crippen LogP contribution in [0.1, 0.15) is 22.7 Å². The van der Waals surface area contributed by atoms with Gasteiger partial charge in [0.15, 0.2) is 0 Å². The van der Waals surface area contributed by atoms with Gasteiger partial charge in [-0.15, -0.1) is 0 Å². The molecule has 2 N–H and O–H groups in total. The zero-order valence-corrected chi connectivity index (χ0v) is 22.0. The number of halogens is 2. The lowest BCUT2D eigenvalue weighted by atomic mass is 9.94. The van der Waals surface area contributed by atoms with Gasteiger partial charge in [0.2, 0.25) is 0 Å². The number of hydrogen-bond acceptors (Lipinski definition) is 6. The summed E-state index contributed by atoms with van der Waals surface area (Å²) in [4.78, 5) is 42.1. The van der Waals surface area contributed by atoms with Crippen LogP contribution in [0.2, 0.25) is 10.0 Å². The molecule has 0 spiro atoms. The van der Waals surface area contributed by atoms with Crippen LogP contribution >= 0.6 is 23.2 Å². The summed E-state index contributed by atoms with van der Waals surface area (Å²) in [7, 11) is 1.57. The van der Waals surface area contributed by atoms with Gasteiger partial charge in [0.05, 0.1) is 28.7 Å². The Morgan fingerprint density at radius 3 is 2.64 bits per heavy atom. The van der Waals surface area contributed by atoms with Gasteiger partial charge in [0, 0.05) is 46.4 Å². The predicted molar refractivity (Wildman–Crippen MR) is 147 cm³/mol. The number of amides is 1. The van der Waals surface area contributed by atoms with Crippen LogP contribution in [0.15, 0.2) is 72.4 Å². The maximum absolute atomic E-state index is 13.3. The summed E-state index contributed by atoms with van der Waals surface area (Å²) < 4.78 is 5.33. The minimum Gasteiger partial charge on any atom is -0.507 e. The van der Waals surface area contributed by atoms with E-state index in [4.69, 9.17) is 27.9 Å². The van der Waals surface area contributed by atoms with E-state index in [1.807, 2.05) is 24.4 Å². The number of Topliss-reactive ketones (excluding diaryl/α,β-unsaturated/α-hetero) is 1. The first-order valence-electron chi connectivity index (χ1n) is 11.8. The van der Waals surface area contributed by atoms with E-state index < -0.39 is 28.4 Å². The fraction of sp³-hybridized carbons (Fsp3) is 0.143. The van der Waals surface area contributed by atoms with E-state index in [-0.39, 0.29) is 28.4 Å². The molecule has 4 aromatic rings. The van der Waals surface area contributed by atoms with Crippen molar-refractivity contribution in [3.05, 3.63) is 109 Å². The van der Waals surface area contributed by atoms with Crippen molar-refractivity contribution in [1.82, 2.24) is 9.88 Å². The Morgan fingerprint density at radius 1 is 1.13 bits per heavy atom. The molecule has 0 saturated carbocycles. The molecule has 1 amide bonds. The fourth-order valence-corrected chi connectivity index (χ4v) is 5.32. The van der Waals surface area contributed by atoms with Crippen LogP contribution in [0.5, 0.6) is 5.75 Å². The molecule has 39 heavy (non-hydrogen) atoms. The molecule has 1 aromatic heterocycles. The van der Waals surface area contributed by atoms with Gasteiger partial charge >= 0.3 is 0 Å². The van der Waals surface area contributed by atoms with Crippen molar-refractivity contribution in [2.45, 2.75) is 12.5 Å². The minimum atomic E-state index is -1.09. The van der Waals surface area contributed by atoms with E-state index in [1.165, 1.54) is 41.3 Å². The van der Waals surface area contributed by atoms with E-state index in [1.54, 1.807) is 13.2 Å². The summed E-state index contributed by atoms with van der Waals surface area (Å²) in [5, 5.41) is 24.1. The van der Waals surface area contributed by atoms with E-state index in [0.29, 0.717) is 22.8 Å². The Morgan fingerprint density at radius 2 is 1.92 bits per heavy atom. The zero-order chi connectivity index (χ0) is 27.8. The summed E-state index contributed by atoms with van der Waals surface area (Å²) in [6.45, 7) is 0.0905. The average Bonchev–Trinajstić information content (AvgIpc) is 3.44. The van der Waals surface area contributed by atoms with Gasteiger partial charge < -0.3 is 19.7 Å². The normalized spacial score (nSPS) is 16.7. The monoisotopic (exact) mass is 565 g/mol. The number of aromatic amines is 1. The lowest BCUT2D eigenvalue weighted by molar-refractivity contribution is -0.384. The van der Waals surface area contributed by atoms with Gasteiger partial charge in [-0.05, 0) is 53.9 Å². The van der Waals surface area contributed by atoms with Crippen LogP contribution < -0.4 is 4.74 Å². The van der Waals surface area contributed by atoms with Crippen LogP contribution in [-0.2, 0) is 16.0 Å². The number of fused-ring (bicyclic) bond motifs is 1. The number of methoxy groups -OCH3 is 1. The molecule has 2 heterocycles. The largest absolute Gasteiger partial charge is 0.507 e. The molecule has 1 saturated heterocycles. The highest BCUT2D eigenvalue weighted by Gasteiger charge is 2.46. The van der Waals surface area contributed by atoms with E-state index in [0.717, 1.165) is 16.5 Å². The number of nitro benzene ring substituents is 1. The molecule has 1 aliphatic rings. The highest BCUT2D eigenvalue weighted by atomic mass is 35.5. The third kappa shape index (κ3) is 4.82. The molecule has 3 aromatic carbocycles. The van der Waals surface area contributed by atoms with Crippen molar-refractivity contribution in [3.63, 3.8) is 0 Å². The van der Waals surface area contributed by atoms with Crippen molar-refractivity contribution >= 4 is 57.2 Å². The van der Waals surface area contributed by atoms with Crippen LogP contribution in [0.4, 0.5) is 5.69 Å². The third-order valence-corrected chi connectivity index (χ3v) is 7.27. The van der Waals surface area contributed by atoms with Crippen LogP contribution in [0, 0.1) is 10.1 Å². The Labute approximate surface area is 232 Å². The topological polar surface area (TPSA) is 126 Å². The first-order valence-corrected chi connectivity index (χ1v) is 12.6. The van der Waals surface area contributed by atoms with E-state index >= 15 is 0 Å². The second-order valence-corrected chi connectivity index (χ2v) is 9.79. The van der Waals surface area contributed by atoms with Crippen LogP contribution in [-0.4, -0.2) is 45.3 Å². The number of benzene rings is 3. The molecule has 0 unspecified atom stereocenters. The number of rotatable bonds is 7. The number of carbonyl (C=O) groups is 2. The number of H-pyrrole nitrogens is 1. The molecular formula is C28H21Cl2N3O6. The molecule has 9 nitrogen and oxygen atoms in total. The molecular weight excluding hydrogens is 545 g/mol. The molecule has 1 atom stereocenters. The molecule has 1 fully saturated rings. The van der Waals surface area contributed by atoms with E-state index in [9.17, 15) is 24.8 Å².